The molecule has 0 saturated carbocycles. The van der Waals surface area contributed by atoms with Crippen molar-refractivity contribution in [3.05, 3.63) is 35.1 Å². The third kappa shape index (κ3) is 1.95. The Morgan fingerprint density at radius 1 is 1.36 bits per heavy atom. The van der Waals surface area contributed by atoms with Crippen LogP contribution in [-0.2, 0) is 5.60 Å². The van der Waals surface area contributed by atoms with Crippen LogP contribution in [0.2, 0.25) is 0 Å². The third-order valence-corrected chi connectivity index (χ3v) is 2.79. The average Bonchev–Trinajstić information content (AvgIpc) is 2.08. The van der Waals surface area contributed by atoms with E-state index in [0.717, 1.165) is 5.56 Å². The van der Waals surface area contributed by atoms with Gasteiger partial charge in [0.1, 0.15) is 5.82 Å². The van der Waals surface area contributed by atoms with Crippen LogP contribution in [0.25, 0.3) is 0 Å². The predicted octanol–water partition coefficient (Wildman–Crippen LogP) is 3.00. The van der Waals surface area contributed by atoms with Crippen molar-refractivity contribution in [2.45, 2.75) is 33.3 Å². The van der Waals surface area contributed by atoms with Gasteiger partial charge in [-0.3, -0.25) is 0 Å². The monoisotopic (exact) mass is 196 g/mol. The van der Waals surface area contributed by atoms with E-state index in [-0.39, 0.29) is 11.7 Å². The van der Waals surface area contributed by atoms with Crippen LogP contribution < -0.4 is 0 Å². The van der Waals surface area contributed by atoms with E-state index in [0.29, 0.717) is 5.56 Å². The molecule has 1 aromatic carbocycles. The van der Waals surface area contributed by atoms with Gasteiger partial charge in [-0.05, 0) is 25.8 Å². The maximum atomic E-state index is 13.5. The molecule has 1 unspecified atom stereocenters. The second-order valence-electron chi connectivity index (χ2n) is 4.29. The van der Waals surface area contributed by atoms with Crippen LogP contribution in [0.3, 0.4) is 0 Å². The fourth-order valence-electron chi connectivity index (χ4n) is 1.34. The molecule has 0 spiro atoms. The molecule has 1 aromatic rings. The van der Waals surface area contributed by atoms with Gasteiger partial charge in [-0.15, -0.1) is 0 Å². The van der Waals surface area contributed by atoms with Gasteiger partial charge < -0.3 is 5.11 Å². The summed E-state index contributed by atoms with van der Waals surface area (Å²) in [6, 6.07) is 4.81. The normalized spacial score (nSPS) is 15.6. The van der Waals surface area contributed by atoms with E-state index in [1.165, 1.54) is 6.07 Å². The maximum Gasteiger partial charge on any atom is 0.129 e. The van der Waals surface area contributed by atoms with Crippen molar-refractivity contribution in [2.75, 3.05) is 0 Å². The predicted molar refractivity (Wildman–Crippen MR) is 55.5 cm³/mol. The van der Waals surface area contributed by atoms with Gasteiger partial charge >= 0.3 is 0 Å². The van der Waals surface area contributed by atoms with E-state index in [9.17, 15) is 9.50 Å². The van der Waals surface area contributed by atoms with Crippen LogP contribution in [0.15, 0.2) is 18.2 Å². The molecule has 1 nitrogen and oxygen atoms in total. The van der Waals surface area contributed by atoms with Crippen molar-refractivity contribution in [1.82, 2.24) is 0 Å². The SMILES string of the molecule is Cc1ccc(F)c(C(C)(O)C(C)C)c1. The summed E-state index contributed by atoms with van der Waals surface area (Å²) in [5, 5.41) is 10.1. The van der Waals surface area contributed by atoms with Gasteiger partial charge in [-0.1, -0.05) is 31.5 Å². The van der Waals surface area contributed by atoms with Crippen LogP contribution in [-0.4, -0.2) is 5.11 Å². The maximum absolute atomic E-state index is 13.5. The molecule has 78 valence electrons. The first kappa shape index (κ1) is 11.2. The molecular formula is C12H17FO. The Bertz CT molecular complexity index is 329. The van der Waals surface area contributed by atoms with E-state index in [1.807, 2.05) is 20.8 Å². The molecule has 0 aliphatic rings. The van der Waals surface area contributed by atoms with Gasteiger partial charge in [0.05, 0.1) is 5.60 Å². The van der Waals surface area contributed by atoms with E-state index in [4.69, 9.17) is 0 Å². The Hall–Kier alpha value is -0.890. The van der Waals surface area contributed by atoms with E-state index in [1.54, 1.807) is 19.1 Å². The average molecular weight is 196 g/mol. The Balaban J connectivity index is 3.24. The summed E-state index contributed by atoms with van der Waals surface area (Å²) < 4.78 is 13.5. The highest BCUT2D eigenvalue weighted by molar-refractivity contribution is 5.29. The summed E-state index contributed by atoms with van der Waals surface area (Å²) in [7, 11) is 0. The molecule has 0 amide bonds. The van der Waals surface area contributed by atoms with Crippen molar-refractivity contribution < 1.29 is 9.50 Å². The summed E-state index contributed by atoms with van der Waals surface area (Å²) in [6.45, 7) is 7.29. The number of benzene rings is 1. The fraction of sp³-hybridized carbons (Fsp3) is 0.500. The molecule has 0 radical (unpaired) electrons. The van der Waals surface area contributed by atoms with Gasteiger partial charge in [0.15, 0.2) is 0 Å². The molecular weight excluding hydrogens is 179 g/mol. The van der Waals surface area contributed by atoms with Crippen molar-refractivity contribution in [3.8, 4) is 0 Å². The molecule has 0 saturated heterocycles. The summed E-state index contributed by atoms with van der Waals surface area (Å²) >= 11 is 0. The van der Waals surface area contributed by atoms with Crippen LogP contribution >= 0.6 is 0 Å². The Morgan fingerprint density at radius 2 is 1.93 bits per heavy atom. The summed E-state index contributed by atoms with van der Waals surface area (Å²) in [5.41, 5.74) is 0.241. The molecule has 1 rings (SSSR count). The molecule has 0 aliphatic carbocycles. The van der Waals surface area contributed by atoms with E-state index < -0.39 is 5.60 Å². The summed E-state index contributed by atoms with van der Waals surface area (Å²) in [4.78, 5) is 0. The number of aryl methyl sites for hydroxylation is 1. The number of rotatable bonds is 2. The number of hydrogen-bond acceptors (Lipinski definition) is 1. The molecule has 0 bridgehead atoms. The summed E-state index contributed by atoms with van der Waals surface area (Å²) in [5.74, 6) is -0.354. The molecule has 0 aliphatic heterocycles. The van der Waals surface area contributed by atoms with Crippen LogP contribution in [0, 0.1) is 18.7 Å². The zero-order valence-corrected chi connectivity index (χ0v) is 9.13. The largest absolute Gasteiger partial charge is 0.385 e. The Labute approximate surface area is 84.6 Å². The van der Waals surface area contributed by atoms with Crippen molar-refractivity contribution in [2.24, 2.45) is 5.92 Å². The molecule has 0 heterocycles. The lowest BCUT2D eigenvalue weighted by Gasteiger charge is -2.28. The molecule has 0 aromatic heterocycles. The molecule has 14 heavy (non-hydrogen) atoms. The molecule has 1 N–H and O–H groups in total. The van der Waals surface area contributed by atoms with Gasteiger partial charge in [-0.25, -0.2) is 4.39 Å². The number of hydrogen-bond donors (Lipinski definition) is 1. The quantitative estimate of drug-likeness (QED) is 0.771. The minimum atomic E-state index is -1.10. The second kappa shape index (κ2) is 3.70. The number of aliphatic hydroxyl groups is 1. The van der Waals surface area contributed by atoms with Crippen LogP contribution in [0.4, 0.5) is 4.39 Å². The summed E-state index contributed by atoms with van der Waals surface area (Å²) in [6.07, 6.45) is 0. The molecule has 0 fully saturated rings. The van der Waals surface area contributed by atoms with Gasteiger partial charge in [0, 0.05) is 5.56 Å². The molecule has 1 atom stereocenters. The highest BCUT2D eigenvalue weighted by atomic mass is 19.1. The zero-order valence-electron chi connectivity index (χ0n) is 9.13. The van der Waals surface area contributed by atoms with Crippen LogP contribution in [0.1, 0.15) is 31.9 Å². The first-order valence-electron chi connectivity index (χ1n) is 4.84. The van der Waals surface area contributed by atoms with Crippen molar-refractivity contribution >= 4 is 0 Å². The lowest BCUT2D eigenvalue weighted by Crippen LogP contribution is -2.29. The second-order valence-corrected chi connectivity index (χ2v) is 4.29. The number of halogens is 1. The highest BCUT2D eigenvalue weighted by Crippen LogP contribution is 2.31. The zero-order chi connectivity index (χ0) is 10.9. The highest BCUT2D eigenvalue weighted by Gasteiger charge is 2.30. The van der Waals surface area contributed by atoms with Gasteiger partial charge in [0.2, 0.25) is 0 Å². The topological polar surface area (TPSA) is 20.2 Å². The van der Waals surface area contributed by atoms with Crippen LogP contribution in [0.5, 0.6) is 0 Å². The standard InChI is InChI=1S/C12H17FO/c1-8(2)12(4,14)10-7-9(3)5-6-11(10)13/h5-8,14H,1-4H3. The Morgan fingerprint density at radius 3 is 2.43 bits per heavy atom. The first-order valence-corrected chi connectivity index (χ1v) is 4.84. The lowest BCUT2D eigenvalue weighted by atomic mass is 9.84. The minimum Gasteiger partial charge on any atom is -0.385 e. The van der Waals surface area contributed by atoms with Crippen molar-refractivity contribution in [3.63, 3.8) is 0 Å². The van der Waals surface area contributed by atoms with E-state index >= 15 is 0 Å². The van der Waals surface area contributed by atoms with Crippen molar-refractivity contribution in [1.29, 1.82) is 0 Å². The first-order chi connectivity index (χ1) is 6.35. The minimum absolute atomic E-state index is 0.0150. The Kier molecular flexibility index (Phi) is 2.95. The smallest absolute Gasteiger partial charge is 0.129 e. The van der Waals surface area contributed by atoms with Gasteiger partial charge in [-0.2, -0.15) is 0 Å². The van der Waals surface area contributed by atoms with Gasteiger partial charge in [0.25, 0.3) is 0 Å². The lowest BCUT2D eigenvalue weighted by molar-refractivity contribution is 0.00571. The van der Waals surface area contributed by atoms with E-state index in [2.05, 4.69) is 0 Å². The fourth-order valence-corrected chi connectivity index (χ4v) is 1.34. The molecule has 2 heteroatoms. The third-order valence-electron chi connectivity index (χ3n) is 2.79.